The molecule has 1 amide bonds. The van der Waals surface area contributed by atoms with Crippen LogP contribution < -0.4 is 10.2 Å². The molecule has 7 heteroatoms. The number of carbonyl (C=O) groups is 1. The number of benzene rings is 1. The van der Waals surface area contributed by atoms with Gasteiger partial charge in [0.05, 0.1) is 30.7 Å². The van der Waals surface area contributed by atoms with Crippen LogP contribution in [-0.2, 0) is 4.74 Å². The molecule has 3 rings (SSSR count). The van der Waals surface area contributed by atoms with Crippen LogP contribution >= 0.6 is 0 Å². The van der Waals surface area contributed by atoms with Crippen molar-refractivity contribution in [3.63, 3.8) is 0 Å². The van der Waals surface area contributed by atoms with Crippen LogP contribution in [0.15, 0.2) is 36.7 Å². The van der Waals surface area contributed by atoms with Gasteiger partial charge < -0.3 is 15.0 Å². The number of nitrogens with one attached hydrogen (secondary N) is 1. The van der Waals surface area contributed by atoms with Crippen molar-refractivity contribution >= 4 is 11.9 Å². The SMILES string of the molecule is CC(C)COC(=O)N[C@@H]1CCN(c2cncc(-c3ccccc3F)n2)C1.[HH]. The number of rotatable bonds is 5. The van der Waals surface area contributed by atoms with E-state index in [1.54, 1.807) is 30.6 Å². The van der Waals surface area contributed by atoms with E-state index in [1.807, 2.05) is 18.7 Å². The highest BCUT2D eigenvalue weighted by atomic mass is 19.1. The molecule has 0 unspecified atom stereocenters. The smallest absolute Gasteiger partial charge is 0.407 e. The lowest BCUT2D eigenvalue weighted by Crippen LogP contribution is -2.38. The molecule has 1 aromatic carbocycles. The van der Waals surface area contributed by atoms with Gasteiger partial charge in [0.1, 0.15) is 11.6 Å². The Kier molecular flexibility index (Phi) is 5.65. The lowest BCUT2D eigenvalue weighted by molar-refractivity contribution is 0.130. The van der Waals surface area contributed by atoms with Crippen molar-refractivity contribution in [2.75, 3.05) is 24.6 Å². The molecule has 0 spiro atoms. The van der Waals surface area contributed by atoms with Gasteiger partial charge in [-0.3, -0.25) is 4.98 Å². The second kappa shape index (κ2) is 8.12. The predicted molar refractivity (Wildman–Crippen MR) is 99.5 cm³/mol. The standard InChI is InChI=1S/C19H23FN4O2.H2/c1-13(2)12-26-19(25)22-14-7-8-24(11-14)18-10-21-9-17(23-18)15-5-3-4-6-16(15)20;/h3-6,9-10,13-14H,7-8,11-12H2,1-2H3,(H,22,25);1H/t14-;/m1./s1. The summed E-state index contributed by atoms with van der Waals surface area (Å²) >= 11 is 0. The number of hydrogen-bond acceptors (Lipinski definition) is 5. The summed E-state index contributed by atoms with van der Waals surface area (Å²) in [6, 6.07) is 6.50. The van der Waals surface area contributed by atoms with Crippen LogP contribution in [0, 0.1) is 11.7 Å². The fraction of sp³-hybridized carbons (Fsp3) is 0.421. The van der Waals surface area contributed by atoms with Gasteiger partial charge in [-0.25, -0.2) is 14.2 Å². The number of halogens is 1. The Hall–Kier alpha value is -2.70. The molecule has 2 aromatic rings. The Morgan fingerprint density at radius 3 is 3.00 bits per heavy atom. The lowest BCUT2D eigenvalue weighted by atomic mass is 10.1. The van der Waals surface area contributed by atoms with E-state index in [1.165, 1.54) is 6.07 Å². The van der Waals surface area contributed by atoms with E-state index >= 15 is 0 Å². The fourth-order valence-corrected chi connectivity index (χ4v) is 2.84. The second-order valence-corrected chi connectivity index (χ2v) is 6.81. The predicted octanol–water partition coefficient (Wildman–Crippen LogP) is 3.49. The number of hydrogen-bond donors (Lipinski definition) is 1. The molecule has 1 aliphatic heterocycles. The zero-order valence-electron chi connectivity index (χ0n) is 15.0. The third-order valence-electron chi connectivity index (χ3n) is 4.15. The van der Waals surface area contributed by atoms with E-state index in [-0.39, 0.29) is 13.3 Å². The van der Waals surface area contributed by atoms with Crippen LogP contribution in [0.5, 0.6) is 0 Å². The van der Waals surface area contributed by atoms with E-state index in [0.717, 1.165) is 13.0 Å². The number of nitrogens with zero attached hydrogens (tertiary/aromatic N) is 3. The van der Waals surface area contributed by atoms with Crippen molar-refractivity contribution in [2.24, 2.45) is 5.92 Å². The minimum Gasteiger partial charge on any atom is -0.449 e. The maximum Gasteiger partial charge on any atom is 0.407 e. The Morgan fingerprint density at radius 1 is 1.42 bits per heavy atom. The van der Waals surface area contributed by atoms with E-state index in [0.29, 0.717) is 36.1 Å². The van der Waals surface area contributed by atoms with Crippen LogP contribution in [0.25, 0.3) is 11.3 Å². The molecule has 1 N–H and O–H groups in total. The number of ether oxygens (including phenoxy) is 1. The summed E-state index contributed by atoms with van der Waals surface area (Å²) < 4.78 is 19.1. The van der Waals surface area contributed by atoms with E-state index in [4.69, 9.17) is 4.74 Å². The molecule has 6 nitrogen and oxygen atoms in total. The molecule has 1 aliphatic rings. The highest BCUT2D eigenvalue weighted by Crippen LogP contribution is 2.24. The van der Waals surface area contributed by atoms with Gasteiger partial charge in [-0.2, -0.15) is 0 Å². The topological polar surface area (TPSA) is 67.3 Å². The van der Waals surface area contributed by atoms with Crippen molar-refractivity contribution in [2.45, 2.75) is 26.3 Å². The first-order chi connectivity index (χ1) is 12.5. The van der Waals surface area contributed by atoms with Gasteiger partial charge in [-0.05, 0) is 24.5 Å². The quantitative estimate of drug-likeness (QED) is 0.884. The Bertz CT molecular complexity index is 775. The van der Waals surface area contributed by atoms with Gasteiger partial charge in [-0.15, -0.1) is 0 Å². The zero-order chi connectivity index (χ0) is 18.5. The minimum absolute atomic E-state index is 0. The first kappa shape index (κ1) is 18.1. The van der Waals surface area contributed by atoms with Crippen molar-refractivity contribution in [1.29, 1.82) is 0 Å². The van der Waals surface area contributed by atoms with Gasteiger partial charge in [0.15, 0.2) is 0 Å². The molecule has 1 atom stereocenters. The number of alkyl carbamates (subject to hydrolysis) is 1. The highest BCUT2D eigenvalue weighted by molar-refractivity contribution is 5.68. The second-order valence-electron chi connectivity index (χ2n) is 6.81. The van der Waals surface area contributed by atoms with Crippen molar-refractivity contribution in [3.05, 3.63) is 42.5 Å². The molecule has 26 heavy (non-hydrogen) atoms. The normalized spacial score (nSPS) is 16.8. The monoisotopic (exact) mass is 360 g/mol. The average Bonchev–Trinajstić information content (AvgIpc) is 3.09. The van der Waals surface area contributed by atoms with Gasteiger partial charge in [0.25, 0.3) is 0 Å². The molecule has 1 saturated heterocycles. The maximum absolute atomic E-state index is 14.0. The number of amides is 1. The van der Waals surface area contributed by atoms with Crippen molar-refractivity contribution in [3.8, 4) is 11.3 Å². The molecule has 0 bridgehead atoms. The van der Waals surface area contributed by atoms with Gasteiger partial charge in [0, 0.05) is 20.1 Å². The molecular weight excluding hydrogens is 335 g/mol. The van der Waals surface area contributed by atoms with E-state index in [9.17, 15) is 9.18 Å². The molecule has 0 aliphatic carbocycles. The third-order valence-corrected chi connectivity index (χ3v) is 4.15. The first-order valence-electron chi connectivity index (χ1n) is 8.78. The maximum atomic E-state index is 14.0. The summed E-state index contributed by atoms with van der Waals surface area (Å²) in [7, 11) is 0. The zero-order valence-corrected chi connectivity index (χ0v) is 15.0. The molecule has 0 saturated carbocycles. The summed E-state index contributed by atoms with van der Waals surface area (Å²) in [5.74, 6) is 0.649. The summed E-state index contributed by atoms with van der Waals surface area (Å²) in [6.07, 6.45) is 3.61. The molecule has 2 heterocycles. The highest BCUT2D eigenvalue weighted by Gasteiger charge is 2.26. The van der Waals surface area contributed by atoms with Crippen molar-refractivity contribution < 1.29 is 15.3 Å². The van der Waals surface area contributed by atoms with Crippen LogP contribution in [0.4, 0.5) is 15.0 Å². The van der Waals surface area contributed by atoms with Gasteiger partial charge in [0.2, 0.25) is 0 Å². The van der Waals surface area contributed by atoms with Crippen LogP contribution in [0.3, 0.4) is 0 Å². The van der Waals surface area contributed by atoms with Crippen LogP contribution in [-0.4, -0.2) is 41.8 Å². The van der Waals surface area contributed by atoms with Crippen LogP contribution in [0.1, 0.15) is 21.7 Å². The molecule has 0 radical (unpaired) electrons. The first-order valence-corrected chi connectivity index (χ1v) is 8.78. The molecule has 140 valence electrons. The lowest BCUT2D eigenvalue weighted by Gasteiger charge is -2.18. The number of anilines is 1. The molecule has 1 aromatic heterocycles. The van der Waals surface area contributed by atoms with Gasteiger partial charge >= 0.3 is 6.09 Å². The Balaban J connectivity index is 0.00000261. The average molecular weight is 360 g/mol. The largest absolute Gasteiger partial charge is 0.449 e. The van der Waals surface area contributed by atoms with E-state index in [2.05, 4.69) is 15.3 Å². The van der Waals surface area contributed by atoms with Crippen molar-refractivity contribution in [1.82, 2.24) is 15.3 Å². The number of aromatic nitrogens is 2. The van der Waals surface area contributed by atoms with Crippen LogP contribution in [0.2, 0.25) is 0 Å². The van der Waals surface area contributed by atoms with E-state index < -0.39 is 6.09 Å². The summed E-state index contributed by atoms with van der Waals surface area (Å²) in [6.45, 7) is 5.74. The fourth-order valence-electron chi connectivity index (χ4n) is 2.84. The number of carbonyl (C=O) groups excluding carboxylic acids is 1. The molecule has 1 fully saturated rings. The minimum atomic E-state index is -0.392. The summed E-state index contributed by atoms with van der Waals surface area (Å²) in [5, 5.41) is 2.88. The Morgan fingerprint density at radius 2 is 2.23 bits per heavy atom. The Labute approximate surface area is 153 Å². The van der Waals surface area contributed by atoms with Gasteiger partial charge in [-0.1, -0.05) is 26.0 Å². The summed E-state index contributed by atoms with van der Waals surface area (Å²) in [5.41, 5.74) is 0.918. The summed E-state index contributed by atoms with van der Waals surface area (Å²) in [4.78, 5) is 22.6. The molecular formula is C19H25FN4O2. The third kappa shape index (κ3) is 4.47.